The Balaban J connectivity index is 1.74. The summed E-state index contributed by atoms with van der Waals surface area (Å²) in [6.07, 6.45) is 1.68. The largest absolute Gasteiger partial charge is 0.461 e. The molecular weight excluding hydrogens is 394 g/mol. The van der Waals surface area contributed by atoms with Crippen LogP contribution in [0.5, 0.6) is 0 Å². The van der Waals surface area contributed by atoms with Gasteiger partial charge in [-0.2, -0.15) is 0 Å². The van der Waals surface area contributed by atoms with Gasteiger partial charge in [0.05, 0.1) is 5.69 Å². The molecule has 4 rings (SSSR count). The number of hydrogen-bond donors (Lipinski definition) is 0. The number of aliphatic imine (C=N–C) groups is 1. The second-order valence-corrected chi connectivity index (χ2v) is 6.92. The number of carbonyl (C=O) groups excluding carboxylic acids is 1. The third kappa shape index (κ3) is 4.07. The van der Waals surface area contributed by atoms with Gasteiger partial charge in [-0.15, -0.1) is 15.0 Å². The number of aryl methyl sites for hydroxylation is 1. The van der Waals surface area contributed by atoms with Gasteiger partial charge in [0.2, 0.25) is 11.6 Å². The minimum Gasteiger partial charge on any atom is -0.461 e. The lowest BCUT2D eigenvalue weighted by molar-refractivity contribution is -0.127. The minimum absolute atomic E-state index is 0.0110. The highest BCUT2D eigenvalue weighted by Crippen LogP contribution is 2.27. The number of rotatable bonds is 8. The van der Waals surface area contributed by atoms with Gasteiger partial charge in [0.15, 0.2) is 0 Å². The van der Waals surface area contributed by atoms with Crippen LogP contribution in [-0.4, -0.2) is 57.4 Å². The van der Waals surface area contributed by atoms with Crippen molar-refractivity contribution in [3.63, 3.8) is 0 Å². The van der Waals surface area contributed by atoms with Crippen molar-refractivity contribution in [1.29, 1.82) is 0 Å². The molecule has 0 radical (unpaired) electrons. The van der Waals surface area contributed by atoms with Crippen molar-refractivity contribution in [3.8, 4) is 11.5 Å². The van der Waals surface area contributed by atoms with Gasteiger partial charge in [0, 0.05) is 25.0 Å². The van der Waals surface area contributed by atoms with E-state index in [1.54, 1.807) is 6.20 Å². The minimum atomic E-state index is -0.0110. The molecule has 0 saturated heterocycles. The number of carbonyl (C=O) groups is 1. The van der Waals surface area contributed by atoms with Crippen LogP contribution in [0.25, 0.3) is 11.5 Å². The highest BCUT2D eigenvalue weighted by Gasteiger charge is 2.28. The summed E-state index contributed by atoms with van der Waals surface area (Å²) >= 11 is 0. The van der Waals surface area contributed by atoms with Crippen molar-refractivity contribution in [1.82, 2.24) is 19.9 Å². The average Bonchev–Trinajstić information content (AvgIpc) is 3.34. The molecule has 0 bridgehead atoms. The predicted octanol–water partition coefficient (Wildman–Crippen LogP) is 3.01. The molecule has 0 atom stereocenters. The summed E-state index contributed by atoms with van der Waals surface area (Å²) in [6, 6.07) is 11.7. The van der Waals surface area contributed by atoms with E-state index >= 15 is 0 Å². The van der Waals surface area contributed by atoms with Crippen molar-refractivity contribution in [2.24, 2.45) is 10.1 Å². The van der Waals surface area contributed by atoms with Gasteiger partial charge in [-0.1, -0.05) is 6.07 Å². The van der Waals surface area contributed by atoms with E-state index in [9.17, 15) is 4.79 Å². The predicted molar refractivity (Wildman–Crippen MR) is 119 cm³/mol. The standard InChI is InChI=1S/C22H23N7O2/c1-4-28(5-2)16-9-10-17(15(3)12-16)24-20-19(13-31-14-30)26-29-22(20)25-21(27-29)18-8-6-7-11-23-18/h6-12,14H,4-5,13H2,1-3H3. The Bertz CT molecular complexity index is 1150. The van der Waals surface area contributed by atoms with E-state index in [2.05, 4.69) is 51.0 Å². The van der Waals surface area contributed by atoms with Gasteiger partial charge in [0.25, 0.3) is 6.47 Å². The molecule has 2 aromatic heterocycles. The van der Waals surface area contributed by atoms with Crippen molar-refractivity contribution >= 4 is 29.3 Å². The van der Waals surface area contributed by atoms with E-state index in [0.29, 0.717) is 35.2 Å². The molecule has 3 aromatic rings. The maximum atomic E-state index is 10.7. The molecule has 0 unspecified atom stereocenters. The monoisotopic (exact) mass is 417 g/mol. The summed E-state index contributed by atoms with van der Waals surface area (Å²) < 4.78 is 4.93. The van der Waals surface area contributed by atoms with Crippen molar-refractivity contribution < 1.29 is 9.53 Å². The average molecular weight is 417 g/mol. The zero-order valence-electron chi connectivity index (χ0n) is 17.7. The lowest BCUT2D eigenvalue weighted by Crippen LogP contribution is -2.21. The molecular formula is C22H23N7O2. The number of fused-ring (bicyclic) bond motifs is 1. The third-order valence-corrected chi connectivity index (χ3v) is 5.01. The van der Waals surface area contributed by atoms with Gasteiger partial charge >= 0.3 is 0 Å². The summed E-state index contributed by atoms with van der Waals surface area (Å²) in [5.74, 6) is 0.938. The van der Waals surface area contributed by atoms with E-state index in [1.165, 1.54) is 4.79 Å². The Labute approximate surface area is 180 Å². The number of nitrogens with zero attached hydrogens (tertiary/aromatic N) is 7. The summed E-state index contributed by atoms with van der Waals surface area (Å²) in [5.41, 5.74) is 4.62. The second-order valence-electron chi connectivity index (χ2n) is 6.92. The van der Waals surface area contributed by atoms with Gasteiger partial charge in [0.1, 0.15) is 23.7 Å². The maximum absolute atomic E-state index is 10.7. The highest BCUT2D eigenvalue weighted by atomic mass is 16.5. The van der Waals surface area contributed by atoms with E-state index in [1.807, 2.05) is 31.2 Å². The van der Waals surface area contributed by atoms with Crippen molar-refractivity contribution in [3.05, 3.63) is 54.0 Å². The smallest absolute Gasteiger partial charge is 0.293 e. The fourth-order valence-electron chi connectivity index (χ4n) is 3.41. The fraction of sp³-hybridized carbons (Fsp3) is 0.273. The Morgan fingerprint density at radius 2 is 2.03 bits per heavy atom. The molecule has 31 heavy (non-hydrogen) atoms. The molecule has 0 amide bonds. The number of aromatic nitrogens is 4. The van der Waals surface area contributed by atoms with Crippen LogP contribution in [-0.2, 0) is 9.53 Å². The van der Waals surface area contributed by atoms with Gasteiger partial charge in [-0.3, -0.25) is 9.78 Å². The molecule has 0 saturated carbocycles. The Morgan fingerprint density at radius 3 is 2.71 bits per heavy atom. The first-order valence-electron chi connectivity index (χ1n) is 10.1. The van der Waals surface area contributed by atoms with Crippen LogP contribution in [0.3, 0.4) is 0 Å². The zero-order valence-corrected chi connectivity index (χ0v) is 17.7. The van der Waals surface area contributed by atoms with Crippen LogP contribution in [0.4, 0.5) is 11.4 Å². The molecule has 158 valence electrons. The van der Waals surface area contributed by atoms with Crippen molar-refractivity contribution in [2.75, 3.05) is 24.6 Å². The molecule has 9 heteroatoms. The Morgan fingerprint density at radius 1 is 1.19 bits per heavy atom. The highest BCUT2D eigenvalue weighted by molar-refractivity contribution is 6.49. The molecule has 0 aliphatic carbocycles. The number of anilines is 1. The number of pyridine rings is 1. The molecule has 1 aromatic carbocycles. The summed E-state index contributed by atoms with van der Waals surface area (Å²) in [6.45, 7) is 8.53. The third-order valence-electron chi connectivity index (χ3n) is 5.01. The van der Waals surface area contributed by atoms with Crippen LogP contribution >= 0.6 is 0 Å². The van der Waals surface area contributed by atoms with E-state index in [0.717, 1.165) is 30.0 Å². The van der Waals surface area contributed by atoms with E-state index < -0.39 is 0 Å². The zero-order chi connectivity index (χ0) is 21.8. The van der Waals surface area contributed by atoms with Crippen molar-refractivity contribution in [2.45, 2.75) is 20.8 Å². The summed E-state index contributed by atoms with van der Waals surface area (Å²) in [4.78, 5) is 28.1. The van der Waals surface area contributed by atoms with Gasteiger partial charge in [-0.25, -0.2) is 9.98 Å². The second kappa shape index (κ2) is 8.86. The van der Waals surface area contributed by atoms with E-state index in [4.69, 9.17) is 9.73 Å². The van der Waals surface area contributed by atoms with Crippen LogP contribution < -0.4 is 4.90 Å². The maximum Gasteiger partial charge on any atom is 0.293 e. The number of ether oxygens (including phenoxy) is 1. The fourth-order valence-corrected chi connectivity index (χ4v) is 3.41. The summed E-state index contributed by atoms with van der Waals surface area (Å²) in [7, 11) is 0. The Hall–Kier alpha value is -3.88. The topological polar surface area (TPSA) is 97.9 Å². The lowest BCUT2D eigenvalue weighted by atomic mass is 10.1. The SMILES string of the molecule is CCN(CC)c1ccc(N=C2C(COC=O)=Nn3nc(-c4ccccn4)nc32)c(C)c1. The van der Waals surface area contributed by atoms with Crippen LogP contribution in [0.15, 0.2) is 52.7 Å². The normalized spacial score (nSPS) is 13.8. The lowest BCUT2D eigenvalue weighted by Gasteiger charge is -2.21. The van der Waals surface area contributed by atoms with Crippen LogP contribution in [0.1, 0.15) is 25.2 Å². The van der Waals surface area contributed by atoms with Gasteiger partial charge < -0.3 is 9.64 Å². The first kappa shape index (κ1) is 20.4. The summed E-state index contributed by atoms with van der Waals surface area (Å²) in [5, 5.41) is 8.84. The Kier molecular flexibility index (Phi) is 5.83. The molecule has 1 aliphatic rings. The van der Waals surface area contributed by atoms with E-state index in [-0.39, 0.29) is 6.61 Å². The van der Waals surface area contributed by atoms with Crippen LogP contribution in [0.2, 0.25) is 0 Å². The quantitative estimate of drug-likeness (QED) is 0.523. The molecule has 9 nitrogen and oxygen atoms in total. The molecule has 0 fully saturated rings. The molecule has 1 aliphatic heterocycles. The number of benzene rings is 1. The van der Waals surface area contributed by atoms with Crippen LogP contribution in [0, 0.1) is 6.92 Å². The van der Waals surface area contributed by atoms with Gasteiger partial charge in [-0.05, 0) is 56.7 Å². The molecule has 0 spiro atoms. The molecule has 3 heterocycles. The number of hydrogen-bond acceptors (Lipinski definition) is 8. The first-order valence-corrected chi connectivity index (χ1v) is 10.1. The molecule has 0 N–H and O–H groups in total. The first-order chi connectivity index (χ1) is 15.1.